The van der Waals surface area contributed by atoms with Crippen molar-refractivity contribution in [1.29, 1.82) is 0 Å². The Morgan fingerprint density at radius 3 is 2.57 bits per heavy atom. The van der Waals surface area contributed by atoms with Crippen LogP contribution in [0.5, 0.6) is 0 Å². The van der Waals surface area contributed by atoms with Crippen molar-refractivity contribution < 1.29 is 23.5 Å². The third kappa shape index (κ3) is 3.96. The molecule has 0 radical (unpaired) electrons. The Bertz CT molecular complexity index is 1090. The number of hydrogen-bond acceptors (Lipinski definition) is 5. The van der Waals surface area contributed by atoms with E-state index >= 15 is 0 Å². The second-order valence-corrected chi connectivity index (χ2v) is 7.07. The zero-order valence-electron chi connectivity index (χ0n) is 16.1. The Kier molecular flexibility index (Phi) is 5.34. The lowest BCUT2D eigenvalue weighted by Gasteiger charge is -2.34. The molecule has 0 saturated carbocycles. The van der Waals surface area contributed by atoms with E-state index < -0.39 is 17.9 Å². The SMILES string of the molecule is NC(=O)c1cccc(COC(=O)[C@@H]2Cc3ccccc3CN2C(=O)c2ccco2)c1. The Labute approximate surface area is 173 Å². The average molecular weight is 404 g/mol. The zero-order chi connectivity index (χ0) is 21.1. The lowest BCUT2D eigenvalue weighted by molar-refractivity contribution is -0.151. The van der Waals surface area contributed by atoms with Crippen LogP contribution in [0.1, 0.15) is 37.6 Å². The van der Waals surface area contributed by atoms with Gasteiger partial charge in [0.05, 0.1) is 6.26 Å². The molecule has 0 fully saturated rings. The molecule has 0 aliphatic carbocycles. The van der Waals surface area contributed by atoms with Gasteiger partial charge in [-0.2, -0.15) is 0 Å². The molecule has 1 aromatic heterocycles. The number of carbonyl (C=O) groups is 3. The van der Waals surface area contributed by atoms with E-state index in [0.717, 1.165) is 11.1 Å². The molecule has 3 aromatic rings. The first-order chi connectivity index (χ1) is 14.5. The van der Waals surface area contributed by atoms with Crippen LogP contribution in [0, 0.1) is 0 Å². The molecular formula is C23H20N2O5. The molecule has 2 amide bonds. The molecule has 7 heteroatoms. The van der Waals surface area contributed by atoms with Crippen molar-refractivity contribution in [1.82, 2.24) is 4.90 Å². The highest BCUT2D eigenvalue weighted by Crippen LogP contribution is 2.26. The van der Waals surface area contributed by atoms with E-state index in [-0.39, 0.29) is 24.8 Å². The van der Waals surface area contributed by atoms with Crippen molar-refractivity contribution in [3.8, 4) is 0 Å². The summed E-state index contributed by atoms with van der Waals surface area (Å²) in [5.74, 6) is -1.27. The van der Waals surface area contributed by atoms with E-state index in [4.69, 9.17) is 14.9 Å². The summed E-state index contributed by atoms with van der Waals surface area (Å²) in [5, 5.41) is 0. The van der Waals surface area contributed by atoms with E-state index in [0.29, 0.717) is 17.5 Å². The number of hydrogen-bond donors (Lipinski definition) is 1. The second-order valence-electron chi connectivity index (χ2n) is 7.07. The summed E-state index contributed by atoms with van der Waals surface area (Å²) in [6, 6.07) is 16.7. The van der Waals surface area contributed by atoms with Crippen LogP contribution in [-0.2, 0) is 29.1 Å². The maximum Gasteiger partial charge on any atom is 0.329 e. The molecule has 1 atom stereocenters. The van der Waals surface area contributed by atoms with Crippen LogP contribution in [-0.4, -0.2) is 28.7 Å². The van der Waals surface area contributed by atoms with Gasteiger partial charge in [0.2, 0.25) is 5.91 Å². The summed E-state index contributed by atoms with van der Waals surface area (Å²) in [7, 11) is 0. The normalized spacial score (nSPS) is 15.3. The van der Waals surface area contributed by atoms with E-state index in [2.05, 4.69) is 0 Å². The molecule has 4 rings (SSSR count). The summed E-state index contributed by atoms with van der Waals surface area (Å²) in [5.41, 5.74) is 8.26. The van der Waals surface area contributed by atoms with Crippen LogP contribution in [0.2, 0.25) is 0 Å². The molecule has 2 aromatic carbocycles. The molecular weight excluding hydrogens is 384 g/mol. The molecule has 152 valence electrons. The molecule has 0 spiro atoms. The van der Waals surface area contributed by atoms with Gasteiger partial charge in [-0.3, -0.25) is 9.59 Å². The van der Waals surface area contributed by atoms with Crippen LogP contribution in [0.4, 0.5) is 0 Å². The summed E-state index contributed by atoms with van der Waals surface area (Å²) < 4.78 is 10.7. The molecule has 7 nitrogen and oxygen atoms in total. The standard InChI is InChI=1S/C23H20N2O5/c24-21(26)17-8-3-5-15(11-17)14-30-23(28)19-12-16-6-1-2-7-18(16)13-25(19)22(27)20-9-4-10-29-20/h1-11,19H,12-14H2,(H2,24,26)/t19-/m0/s1. The van der Waals surface area contributed by atoms with Gasteiger partial charge in [0.15, 0.2) is 5.76 Å². The summed E-state index contributed by atoms with van der Waals surface area (Å²) in [6.45, 7) is 0.257. The van der Waals surface area contributed by atoms with Crippen molar-refractivity contribution in [2.24, 2.45) is 5.73 Å². The monoisotopic (exact) mass is 404 g/mol. The van der Waals surface area contributed by atoms with Gasteiger partial charge in [0, 0.05) is 18.5 Å². The lowest BCUT2D eigenvalue weighted by atomic mass is 9.93. The van der Waals surface area contributed by atoms with Crippen LogP contribution in [0.15, 0.2) is 71.3 Å². The maximum absolute atomic E-state index is 13.0. The predicted octanol–water partition coefficient (Wildman–Crippen LogP) is 2.69. The van der Waals surface area contributed by atoms with Crippen LogP contribution in [0.25, 0.3) is 0 Å². The number of esters is 1. The highest BCUT2D eigenvalue weighted by Gasteiger charge is 2.37. The fraction of sp³-hybridized carbons (Fsp3) is 0.174. The summed E-state index contributed by atoms with van der Waals surface area (Å²) in [4.78, 5) is 38.7. The van der Waals surface area contributed by atoms with Gasteiger partial charge >= 0.3 is 5.97 Å². The van der Waals surface area contributed by atoms with Gasteiger partial charge < -0.3 is 19.8 Å². The van der Waals surface area contributed by atoms with Gasteiger partial charge in [-0.25, -0.2) is 4.79 Å². The van der Waals surface area contributed by atoms with Crippen molar-refractivity contribution in [3.63, 3.8) is 0 Å². The zero-order valence-corrected chi connectivity index (χ0v) is 16.1. The van der Waals surface area contributed by atoms with Crippen molar-refractivity contribution in [2.45, 2.75) is 25.6 Å². The fourth-order valence-corrected chi connectivity index (χ4v) is 3.55. The Morgan fingerprint density at radius 1 is 1.03 bits per heavy atom. The third-order valence-corrected chi connectivity index (χ3v) is 5.11. The minimum Gasteiger partial charge on any atom is -0.459 e. The number of nitrogens with two attached hydrogens (primary N) is 1. The van der Waals surface area contributed by atoms with Crippen molar-refractivity contribution >= 4 is 17.8 Å². The van der Waals surface area contributed by atoms with Gasteiger partial charge in [0.1, 0.15) is 12.6 Å². The third-order valence-electron chi connectivity index (χ3n) is 5.11. The lowest BCUT2D eigenvalue weighted by Crippen LogP contribution is -2.49. The largest absolute Gasteiger partial charge is 0.459 e. The van der Waals surface area contributed by atoms with Gasteiger partial charge in [-0.1, -0.05) is 36.4 Å². The summed E-state index contributed by atoms with van der Waals surface area (Å²) in [6.07, 6.45) is 1.77. The molecule has 1 aliphatic heterocycles. The average Bonchev–Trinajstić information content (AvgIpc) is 3.31. The van der Waals surface area contributed by atoms with Crippen LogP contribution >= 0.6 is 0 Å². The first kappa shape index (κ1) is 19.4. The Morgan fingerprint density at radius 2 is 1.83 bits per heavy atom. The second kappa shape index (κ2) is 8.24. The minimum absolute atomic E-state index is 0.0269. The fourth-order valence-electron chi connectivity index (χ4n) is 3.55. The molecule has 30 heavy (non-hydrogen) atoms. The van der Waals surface area contributed by atoms with E-state index in [1.54, 1.807) is 36.4 Å². The first-order valence-electron chi connectivity index (χ1n) is 9.49. The van der Waals surface area contributed by atoms with Crippen molar-refractivity contribution in [3.05, 3.63) is 94.9 Å². The molecule has 0 saturated heterocycles. The number of ether oxygens (including phenoxy) is 1. The number of fused-ring (bicyclic) bond motifs is 1. The van der Waals surface area contributed by atoms with E-state index in [9.17, 15) is 14.4 Å². The Hall–Kier alpha value is -3.87. The molecule has 1 aliphatic rings. The van der Waals surface area contributed by atoms with Gasteiger partial charge in [-0.15, -0.1) is 0 Å². The van der Waals surface area contributed by atoms with E-state index in [1.165, 1.54) is 11.2 Å². The minimum atomic E-state index is -0.781. The predicted molar refractivity (Wildman–Crippen MR) is 107 cm³/mol. The number of carbonyl (C=O) groups excluding carboxylic acids is 3. The number of rotatable bonds is 5. The highest BCUT2D eigenvalue weighted by molar-refractivity contribution is 5.95. The maximum atomic E-state index is 13.0. The molecule has 2 heterocycles. The van der Waals surface area contributed by atoms with Crippen LogP contribution < -0.4 is 5.73 Å². The highest BCUT2D eigenvalue weighted by atomic mass is 16.5. The molecule has 0 unspecified atom stereocenters. The van der Waals surface area contributed by atoms with E-state index in [1.807, 2.05) is 24.3 Å². The van der Waals surface area contributed by atoms with Crippen LogP contribution in [0.3, 0.4) is 0 Å². The van der Waals surface area contributed by atoms with Gasteiger partial charge in [-0.05, 0) is 41.0 Å². The quantitative estimate of drug-likeness (QED) is 0.659. The molecule has 2 N–H and O–H groups in total. The number of benzene rings is 2. The number of primary amides is 1. The van der Waals surface area contributed by atoms with Crippen molar-refractivity contribution in [2.75, 3.05) is 0 Å². The molecule has 0 bridgehead atoms. The summed E-state index contributed by atoms with van der Waals surface area (Å²) >= 11 is 0. The first-order valence-corrected chi connectivity index (χ1v) is 9.49. The number of nitrogens with zero attached hydrogens (tertiary/aromatic N) is 1. The Balaban J connectivity index is 1.54. The topological polar surface area (TPSA) is 103 Å². The smallest absolute Gasteiger partial charge is 0.329 e. The van der Waals surface area contributed by atoms with Gasteiger partial charge in [0.25, 0.3) is 5.91 Å². The number of amides is 2. The number of furan rings is 1.